The molecule has 0 unspecified atom stereocenters. The molecule has 0 aromatic heterocycles. The number of halogens is 2. The van der Waals surface area contributed by atoms with E-state index in [2.05, 4.69) is 0 Å². The van der Waals surface area contributed by atoms with Crippen LogP contribution in [0.1, 0.15) is 18.7 Å². The van der Waals surface area contributed by atoms with E-state index in [0.717, 1.165) is 4.90 Å². The second kappa shape index (κ2) is 4.80. The summed E-state index contributed by atoms with van der Waals surface area (Å²) >= 11 is 0. The van der Waals surface area contributed by atoms with Gasteiger partial charge in [-0.2, -0.15) is 8.78 Å². The van der Waals surface area contributed by atoms with E-state index in [9.17, 15) is 0 Å². The van der Waals surface area contributed by atoms with Crippen LogP contribution in [0.4, 0.5) is 14.5 Å². The summed E-state index contributed by atoms with van der Waals surface area (Å²) in [5, 5.41) is 0. The quantitative estimate of drug-likeness (QED) is 0.602. The third kappa shape index (κ3) is 1.83. The van der Waals surface area contributed by atoms with Crippen molar-refractivity contribution in [3.8, 4) is 5.75 Å². The van der Waals surface area contributed by atoms with E-state index in [1.54, 1.807) is 61.5 Å². The van der Waals surface area contributed by atoms with Crippen LogP contribution >= 0.6 is 0 Å². The van der Waals surface area contributed by atoms with E-state index in [1.807, 2.05) is 0 Å². The van der Waals surface area contributed by atoms with Gasteiger partial charge in [0.15, 0.2) is 6.23 Å². The average Bonchev–Trinajstić information content (AvgIpc) is 2.73. The zero-order valence-corrected chi connectivity index (χ0v) is 12.4. The minimum absolute atomic E-state index is 0.384. The Morgan fingerprint density at radius 2 is 1.74 bits per heavy atom. The lowest BCUT2D eigenvalue weighted by atomic mass is 10.1. The van der Waals surface area contributed by atoms with Gasteiger partial charge in [-0.1, -0.05) is 42.5 Å². The van der Waals surface area contributed by atoms with Gasteiger partial charge >= 0.3 is 11.8 Å². The first kappa shape index (κ1) is 14.2. The molecule has 0 aliphatic carbocycles. The Balaban J connectivity index is 1.94. The normalized spacial score (nSPS) is 27.8. The van der Waals surface area contributed by atoms with Crippen LogP contribution in [0.5, 0.6) is 5.75 Å². The number of allylic oxidation sites excluding steroid dienone is 1. The van der Waals surface area contributed by atoms with Gasteiger partial charge < -0.3 is 9.47 Å². The second-order valence-electron chi connectivity index (χ2n) is 5.52. The Hall–Kier alpha value is -2.40. The molecule has 2 atom stereocenters. The molecule has 0 N–H and O–H groups in total. The fourth-order valence-corrected chi connectivity index (χ4v) is 3.11. The van der Waals surface area contributed by atoms with Gasteiger partial charge in [0.05, 0.1) is 0 Å². The number of alkyl halides is 2. The number of rotatable bonds is 2. The molecule has 1 fully saturated rings. The molecular formula is C18H15F2NO2. The van der Waals surface area contributed by atoms with Crippen molar-refractivity contribution in [3.63, 3.8) is 0 Å². The van der Waals surface area contributed by atoms with Crippen LogP contribution < -0.4 is 9.64 Å². The highest BCUT2D eigenvalue weighted by molar-refractivity contribution is 5.56. The number of hydrogen-bond acceptors (Lipinski definition) is 3. The molecule has 1 saturated heterocycles. The van der Waals surface area contributed by atoms with Crippen LogP contribution in [0.2, 0.25) is 0 Å². The second-order valence-corrected chi connectivity index (χ2v) is 5.52. The third-order valence-corrected chi connectivity index (χ3v) is 4.11. The molecule has 2 aromatic carbocycles. The standard InChI is InChI=1S/C18H15F2NO2/c1-2-12-17-18(19,20)21(13-8-4-3-5-9-13)16(23-17)14-10-6-7-11-15(14)22-17/h2-12,16H,1H3/b12-2+/t16-,17-/m0/s1. The van der Waals surface area contributed by atoms with Crippen molar-refractivity contribution in [2.45, 2.75) is 25.0 Å². The van der Waals surface area contributed by atoms with Gasteiger partial charge in [0.1, 0.15) is 5.75 Å². The number of anilines is 1. The molecule has 2 bridgehead atoms. The molecule has 2 heterocycles. The van der Waals surface area contributed by atoms with Crippen LogP contribution in [0.15, 0.2) is 66.7 Å². The van der Waals surface area contributed by atoms with Crippen molar-refractivity contribution in [1.29, 1.82) is 0 Å². The van der Waals surface area contributed by atoms with Crippen molar-refractivity contribution >= 4 is 5.69 Å². The first-order chi connectivity index (χ1) is 11.1. The summed E-state index contributed by atoms with van der Waals surface area (Å²) in [7, 11) is 0. The first-order valence-electron chi connectivity index (χ1n) is 7.41. The summed E-state index contributed by atoms with van der Waals surface area (Å²) < 4.78 is 41.9. The molecule has 0 radical (unpaired) electrons. The Kier molecular flexibility index (Phi) is 2.96. The fraction of sp³-hybridized carbons (Fsp3) is 0.222. The van der Waals surface area contributed by atoms with Crippen LogP contribution in [0.3, 0.4) is 0 Å². The van der Waals surface area contributed by atoms with E-state index < -0.39 is 18.1 Å². The number of para-hydroxylation sites is 2. The van der Waals surface area contributed by atoms with Gasteiger partial charge in [0.2, 0.25) is 0 Å². The minimum atomic E-state index is -3.36. The van der Waals surface area contributed by atoms with Crippen molar-refractivity contribution in [1.82, 2.24) is 0 Å². The minimum Gasteiger partial charge on any atom is -0.450 e. The molecule has 0 spiro atoms. The predicted octanol–water partition coefficient (Wildman–Crippen LogP) is 4.48. The maximum absolute atomic E-state index is 15.3. The topological polar surface area (TPSA) is 21.7 Å². The van der Waals surface area contributed by atoms with Gasteiger partial charge in [-0.3, -0.25) is 4.90 Å². The van der Waals surface area contributed by atoms with Gasteiger partial charge in [-0.15, -0.1) is 0 Å². The van der Waals surface area contributed by atoms with Crippen molar-refractivity contribution in [2.24, 2.45) is 0 Å². The van der Waals surface area contributed by atoms with Gasteiger partial charge in [-0.25, -0.2) is 0 Å². The van der Waals surface area contributed by atoms with E-state index in [4.69, 9.17) is 9.47 Å². The summed E-state index contributed by atoms with van der Waals surface area (Å²) in [6.45, 7) is 1.66. The van der Waals surface area contributed by atoms with Gasteiger partial charge in [0.25, 0.3) is 0 Å². The molecule has 3 nitrogen and oxygen atoms in total. The highest BCUT2D eigenvalue weighted by Crippen LogP contribution is 2.57. The zero-order chi connectivity index (χ0) is 16.1. The Morgan fingerprint density at radius 3 is 2.48 bits per heavy atom. The smallest absolute Gasteiger partial charge is 0.396 e. The summed E-state index contributed by atoms with van der Waals surface area (Å²) in [5.74, 6) is -1.71. The predicted molar refractivity (Wildman–Crippen MR) is 82.3 cm³/mol. The molecule has 23 heavy (non-hydrogen) atoms. The highest BCUT2D eigenvalue weighted by atomic mass is 19.3. The Labute approximate surface area is 132 Å². The lowest BCUT2D eigenvalue weighted by Gasteiger charge is -2.33. The van der Waals surface area contributed by atoms with E-state index in [1.165, 1.54) is 12.2 Å². The molecule has 4 rings (SSSR count). The number of benzene rings is 2. The number of hydrogen-bond donors (Lipinski definition) is 0. The molecule has 0 saturated carbocycles. The Morgan fingerprint density at radius 1 is 1.04 bits per heavy atom. The summed E-state index contributed by atoms with van der Waals surface area (Å²) in [6, 6.07) is 12.2. The van der Waals surface area contributed by atoms with E-state index in [-0.39, 0.29) is 0 Å². The lowest BCUT2D eigenvalue weighted by molar-refractivity contribution is -0.239. The van der Waals surface area contributed by atoms with Crippen LogP contribution in [-0.2, 0) is 4.74 Å². The molecule has 2 aromatic rings. The van der Waals surface area contributed by atoms with Gasteiger partial charge in [-0.05, 0) is 31.2 Å². The van der Waals surface area contributed by atoms with Crippen LogP contribution in [0, 0.1) is 0 Å². The summed E-state index contributed by atoms with van der Waals surface area (Å²) in [4.78, 5) is 0.985. The average molecular weight is 315 g/mol. The number of ether oxygens (including phenoxy) is 2. The largest absolute Gasteiger partial charge is 0.450 e. The van der Waals surface area contributed by atoms with Crippen molar-refractivity contribution in [2.75, 3.05) is 4.90 Å². The molecular weight excluding hydrogens is 300 g/mol. The van der Waals surface area contributed by atoms with Gasteiger partial charge in [0, 0.05) is 11.3 Å². The maximum Gasteiger partial charge on any atom is 0.396 e. The molecule has 0 amide bonds. The summed E-state index contributed by atoms with van der Waals surface area (Å²) in [5.41, 5.74) is 0.975. The zero-order valence-electron chi connectivity index (χ0n) is 12.4. The maximum atomic E-state index is 15.3. The first-order valence-corrected chi connectivity index (χ1v) is 7.41. The van der Waals surface area contributed by atoms with E-state index in [0.29, 0.717) is 17.0 Å². The van der Waals surface area contributed by atoms with E-state index >= 15 is 8.78 Å². The molecule has 5 heteroatoms. The van der Waals surface area contributed by atoms with Crippen molar-refractivity contribution in [3.05, 3.63) is 72.3 Å². The number of nitrogens with zero attached hydrogens (tertiary/aromatic N) is 1. The highest BCUT2D eigenvalue weighted by Gasteiger charge is 2.71. The lowest BCUT2D eigenvalue weighted by Crippen LogP contribution is -2.54. The molecule has 118 valence electrons. The fourth-order valence-electron chi connectivity index (χ4n) is 3.11. The molecule has 2 aliphatic heterocycles. The SMILES string of the molecule is C/C=C/[C@]12Oc3ccccc3[C@H](O1)N(c1ccccc1)C2(F)F. The third-order valence-electron chi connectivity index (χ3n) is 4.11. The monoisotopic (exact) mass is 315 g/mol. The van der Waals surface area contributed by atoms with Crippen molar-refractivity contribution < 1.29 is 18.3 Å². The Bertz CT molecular complexity index is 763. The molecule has 2 aliphatic rings. The summed E-state index contributed by atoms with van der Waals surface area (Å²) in [6.07, 6.45) is 1.89. The van der Waals surface area contributed by atoms with Crippen LogP contribution in [-0.4, -0.2) is 11.8 Å². The van der Waals surface area contributed by atoms with Crippen LogP contribution in [0.25, 0.3) is 0 Å². The number of fused-ring (bicyclic) bond motifs is 4.